The van der Waals surface area contributed by atoms with Crippen molar-refractivity contribution in [1.82, 2.24) is 19.4 Å². The van der Waals surface area contributed by atoms with Gasteiger partial charge in [0, 0.05) is 47.3 Å². The van der Waals surface area contributed by atoms with E-state index in [9.17, 15) is 9.90 Å². The van der Waals surface area contributed by atoms with Crippen molar-refractivity contribution in [3.63, 3.8) is 0 Å². The second-order valence-corrected chi connectivity index (χ2v) is 8.27. The van der Waals surface area contributed by atoms with Gasteiger partial charge in [-0.2, -0.15) is 0 Å². The van der Waals surface area contributed by atoms with E-state index in [1.54, 1.807) is 30.7 Å². The van der Waals surface area contributed by atoms with Crippen LogP contribution in [-0.2, 0) is 6.54 Å². The zero-order valence-electron chi connectivity index (χ0n) is 16.0. The van der Waals surface area contributed by atoms with Crippen LogP contribution in [0.2, 0.25) is 0 Å². The predicted molar refractivity (Wildman–Crippen MR) is 106 cm³/mol. The average Bonchev–Trinajstić information content (AvgIpc) is 3.16. The second kappa shape index (κ2) is 6.41. The lowest BCUT2D eigenvalue weighted by Crippen LogP contribution is -2.54. The van der Waals surface area contributed by atoms with Gasteiger partial charge >= 0.3 is 0 Å². The maximum atomic E-state index is 13.0. The van der Waals surface area contributed by atoms with Crippen molar-refractivity contribution in [2.24, 2.45) is 0 Å². The van der Waals surface area contributed by atoms with Gasteiger partial charge in [-0.25, -0.2) is 0 Å². The smallest absolute Gasteiger partial charge is 0.254 e. The van der Waals surface area contributed by atoms with Crippen LogP contribution in [0.5, 0.6) is 0 Å². The van der Waals surface area contributed by atoms with Crippen LogP contribution in [0.1, 0.15) is 41.7 Å². The van der Waals surface area contributed by atoms with Gasteiger partial charge in [-0.05, 0) is 56.9 Å². The molecule has 5 heterocycles. The fourth-order valence-electron chi connectivity index (χ4n) is 5.17. The Hall–Kier alpha value is -2.73. The van der Waals surface area contributed by atoms with E-state index in [0.717, 1.165) is 29.4 Å². The van der Waals surface area contributed by atoms with Crippen molar-refractivity contribution in [2.75, 3.05) is 0 Å². The highest BCUT2D eigenvalue weighted by Gasteiger charge is 2.49. The maximum Gasteiger partial charge on any atom is 0.254 e. The molecular weight excluding hydrogens is 352 g/mol. The SMILES string of the molecule is Cc1cc2ccncc2n1CC1(O)CC2CCC(C1)N2C(=O)c1ccncc1. The third kappa shape index (κ3) is 2.79. The number of aryl methyl sites for hydroxylation is 1. The van der Waals surface area contributed by atoms with Crippen LogP contribution in [0.4, 0.5) is 0 Å². The van der Waals surface area contributed by atoms with E-state index in [0.29, 0.717) is 24.9 Å². The van der Waals surface area contributed by atoms with Crippen molar-refractivity contribution in [1.29, 1.82) is 0 Å². The summed E-state index contributed by atoms with van der Waals surface area (Å²) in [6.45, 7) is 2.61. The summed E-state index contributed by atoms with van der Waals surface area (Å²) in [5.41, 5.74) is 2.04. The first-order valence-electron chi connectivity index (χ1n) is 9.89. The minimum absolute atomic E-state index is 0.0590. The van der Waals surface area contributed by atoms with E-state index in [2.05, 4.69) is 27.5 Å². The molecule has 2 aliphatic rings. The van der Waals surface area contributed by atoms with Crippen LogP contribution in [0, 0.1) is 6.92 Å². The fourth-order valence-corrected chi connectivity index (χ4v) is 5.17. The van der Waals surface area contributed by atoms with Crippen LogP contribution in [-0.4, -0.2) is 48.1 Å². The summed E-state index contributed by atoms with van der Waals surface area (Å²) in [5, 5.41) is 12.6. The van der Waals surface area contributed by atoms with E-state index in [-0.39, 0.29) is 18.0 Å². The molecule has 6 nitrogen and oxygen atoms in total. The molecule has 1 N–H and O–H groups in total. The molecule has 3 aromatic heterocycles. The summed E-state index contributed by atoms with van der Waals surface area (Å²) in [5.74, 6) is 0.0590. The lowest BCUT2D eigenvalue weighted by molar-refractivity contribution is -0.0536. The van der Waals surface area contributed by atoms with Gasteiger partial charge in [0.1, 0.15) is 0 Å². The molecule has 144 valence electrons. The average molecular weight is 376 g/mol. The number of fused-ring (bicyclic) bond motifs is 3. The number of carbonyl (C=O) groups excluding carboxylic acids is 1. The zero-order chi connectivity index (χ0) is 19.3. The molecule has 0 aromatic carbocycles. The molecule has 5 rings (SSSR count). The first kappa shape index (κ1) is 17.4. The summed E-state index contributed by atoms with van der Waals surface area (Å²) >= 11 is 0. The zero-order valence-corrected chi connectivity index (χ0v) is 16.0. The van der Waals surface area contributed by atoms with Crippen molar-refractivity contribution in [3.05, 3.63) is 60.3 Å². The molecule has 2 saturated heterocycles. The molecule has 0 radical (unpaired) electrons. The van der Waals surface area contributed by atoms with Gasteiger partial charge in [0.2, 0.25) is 0 Å². The van der Waals surface area contributed by atoms with Gasteiger partial charge in [-0.1, -0.05) is 0 Å². The highest BCUT2D eigenvalue weighted by molar-refractivity contribution is 5.94. The summed E-state index contributed by atoms with van der Waals surface area (Å²) in [6.07, 6.45) is 10.1. The molecule has 2 fully saturated rings. The van der Waals surface area contributed by atoms with E-state index >= 15 is 0 Å². The minimum atomic E-state index is -0.812. The summed E-state index contributed by atoms with van der Waals surface area (Å²) in [6, 6.07) is 7.85. The van der Waals surface area contributed by atoms with Crippen LogP contribution >= 0.6 is 0 Å². The number of aromatic nitrogens is 3. The standard InChI is InChI=1S/C22H24N4O2/c1-15-10-17-6-9-24-13-20(17)25(15)14-22(28)11-18-2-3-19(12-22)26(18)21(27)16-4-7-23-8-5-16/h4-10,13,18-19,28H,2-3,11-12,14H2,1H3. The lowest BCUT2D eigenvalue weighted by Gasteiger charge is -2.44. The number of amides is 1. The molecule has 2 unspecified atom stereocenters. The van der Waals surface area contributed by atoms with E-state index in [4.69, 9.17) is 0 Å². The number of nitrogens with zero attached hydrogens (tertiary/aromatic N) is 4. The van der Waals surface area contributed by atoms with Crippen molar-refractivity contribution < 1.29 is 9.90 Å². The summed E-state index contributed by atoms with van der Waals surface area (Å²) in [7, 11) is 0. The highest BCUT2D eigenvalue weighted by Crippen LogP contribution is 2.42. The van der Waals surface area contributed by atoms with Gasteiger partial charge in [0.25, 0.3) is 5.91 Å². The second-order valence-electron chi connectivity index (χ2n) is 8.27. The third-order valence-corrected chi connectivity index (χ3v) is 6.38. The number of piperidine rings is 1. The molecule has 0 spiro atoms. The Kier molecular flexibility index (Phi) is 3.98. The first-order valence-corrected chi connectivity index (χ1v) is 9.89. The van der Waals surface area contributed by atoms with Crippen LogP contribution < -0.4 is 0 Å². The monoisotopic (exact) mass is 376 g/mol. The van der Waals surface area contributed by atoms with Crippen molar-refractivity contribution in [2.45, 2.75) is 56.8 Å². The number of rotatable bonds is 3. The van der Waals surface area contributed by atoms with E-state index < -0.39 is 5.60 Å². The molecule has 6 heteroatoms. The van der Waals surface area contributed by atoms with Gasteiger partial charge in [0.05, 0.1) is 23.9 Å². The molecular formula is C22H24N4O2. The molecule has 1 amide bonds. The number of pyridine rings is 2. The molecule has 2 bridgehead atoms. The third-order valence-electron chi connectivity index (χ3n) is 6.38. The van der Waals surface area contributed by atoms with Crippen molar-refractivity contribution >= 4 is 16.8 Å². The Labute approximate surface area is 163 Å². The Morgan fingerprint density at radius 1 is 1.14 bits per heavy atom. The Balaban J connectivity index is 1.40. The maximum absolute atomic E-state index is 13.0. The largest absolute Gasteiger partial charge is 0.388 e. The van der Waals surface area contributed by atoms with Gasteiger partial charge in [-0.3, -0.25) is 14.8 Å². The first-order chi connectivity index (χ1) is 13.5. The van der Waals surface area contributed by atoms with Crippen molar-refractivity contribution in [3.8, 4) is 0 Å². The minimum Gasteiger partial charge on any atom is -0.388 e. The van der Waals surface area contributed by atoms with Crippen LogP contribution in [0.3, 0.4) is 0 Å². The van der Waals surface area contributed by atoms with Gasteiger partial charge in [0.15, 0.2) is 0 Å². The normalized spacial score (nSPS) is 26.7. The van der Waals surface area contributed by atoms with E-state index in [1.165, 1.54) is 0 Å². The fraction of sp³-hybridized carbons (Fsp3) is 0.409. The van der Waals surface area contributed by atoms with Crippen LogP contribution in [0.25, 0.3) is 10.9 Å². The van der Waals surface area contributed by atoms with Gasteiger partial charge in [-0.15, -0.1) is 0 Å². The Morgan fingerprint density at radius 3 is 2.54 bits per heavy atom. The summed E-state index contributed by atoms with van der Waals surface area (Å²) in [4.78, 5) is 23.3. The highest BCUT2D eigenvalue weighted by atomic mass is 16.3. The predicted octanol–water partition coefficient (Wildman–Crippen LogP) is 2.94. The molecule has 0 saturated carbocycles. The topological polar surface area (TPSA) is 71.2 Å². The Bertz CT molecular complexity index is 1020. The van der Waals surface area contributed by atoms with Gasteiger partial charge < -0.3 is 14.6 Å². The number of carbonyl (C=O) groups is 1. The number of hydrogen-bond donors (Lipinski definition) is 1. The van der Waals surface area contributed by atoms with E-state index in [1.807, 2.05) is 17.2 Å². The molecule has 2 aliphatic heterocycles. The lowest BCUT2D eigenvalue weighted by atomic mass is 9.85. The quantitative estimate of drug-likeness (QED) is 0.763. The summed E-state index contributed by atoms with van der Waals surface area (Å²) < 4.78 is 2.17. The molecule has 0 aliphatic carbocycles. The number of aliphatic hydroxyl groups is 1. The molecule has 2 atom stereocenters. The number of hydrogen-bond acceptors (Lipinski definition) is 4. The molecule has 28 heavy (non-hydrogen) atoms. The Morgan fingerprint density at radius 2 is 1.82 bits per heavy atom. The van der Waals surface area contributed by atoms with Crippen LogP contribution in [0.15, 0.2) is 49.1 Å². The molecule has 3 aromatic rings.